The Morgan fingerprint density at radius 1 is 1.15 bits per heavy atom. The molecule has 8 nitrogen and oxygen atoms in total. The molecule has 1 heterocycles. The smallest absolute Gasteiger partial charge is 0.238 e. The second-order valence-corrected chi connectivity index (χ2v) is 6.74. The third-order valence-corrected chi connectivity index (χ3v) is 4.49. The number of aromatic nitrogens is 1. The fraction of sp³-hybridized carbons (Fsp3) is 0.353. The van der Waals surface area contributed by atoms with Crippen LogP contribution in [0.15, 0.2) is 28.8 Å². The fourth-order valence-electron chi connectivity index (χ4n) is 2.01. The van der Waals surface area contributed by atoms with Gasteiger partial charge in [-0.15, -0.1) is 11.8 Å². The van der Waals surface area contributed by atoms with Crippen molar-refractivity contribution in [3.05, 3.63) is 30.0 Å². The van der Waals surface area contributed by atoms with Crippen LogP contribution in [-0.4, -0.2) is 42.2 Å². The molecule has 140 valence electrons. The molecule has 0 radical (unpaired) electrons. The molecule has 0 saturated carbocycles. The molecule has 0 saturated heterocycles. The van der Waals surface area contributed by atoms with Crippen LogP contribution in [0, 0.1) is 6.92 Å². The Bertz CT molecular complexity index is 755. The maximum Gasteiger partial charge on any atom is 0.238 e. The lowest BCUT2D eigenvalue weighted by molar-refractivity contribution is -0.115. The van der Waals surface area contributed by atoms with Gasteiger partial charge in [-0.25, -0.2) is 0 Å². The van der Waals surface area contributed by atoms with E-state index >= 15 is 0 Å². The van der Waals surface area contributed by atoms with E-state index in [9.17, 15) is 9.59 Å². The maximum atomic E-state index is 12.1. The second kappa shape index (κ2) is 9.14. The zero-order valence-corrected chi connectivity index (χ0v) is 15.8. The number of rotatable bonds is 8. The van der Waals surface area contributed by atoms with Gasteiger partial charge in [0.05, 0.1) is 25.2 Å². The van der Waals surface area contributed by atoms with Gasteiger partial charge in [0.1, 0.15) is 17.3 Å². The number of nitrogens with one attached hydrogen (secondary N) is 2. The molecular weight excluding hydrogens is 358 g/mol. The minimum atomic E-state index is -0.433. The number of anilines is 2. The first-order valence-corrected chi connectivity index (χ1v) is 8.85. The molecule has 1 aromatic carbocycles. The average molecular weight is 379 g/mol. The fourth-order valence-corrected chi connectivity index (χ4v) is 2.69. The van der Waals surface area contributed by atoms with Crippen LogP contribution in [0.4, 0.5) is 11.5 Å². The van der Waals surface area contributed by atoms with Gasteiger partial charge in [-0.05, 0) is 13.8 Å². The molecule has 1 aromatic heterocycles. The number of carbonyl (C=O) groups excluding carboxylic acids is 2. The average Bonchev–Trinajstić information content (AvgIpc) is 3.03. The van der Waals surface area contributed by atoms with E-state index in [1.165, 1.54) is 26.0 Å². The number of methoxy groups -OCH3 is 2. The monoisotopic (exact) mass is 379 g/mol. The lowest BCUT2D eigenvalue weighted by Gasteiger charge is -2.12. The lowest BCUT2D eigenvalue weighted by atomic mass is 10.2. The number of aryl methyl sites for hydroxylation is 1. The van der Waals surface area contributed by atoms with Gasteiger partial charge in [0.2, 0.25) is 11.8 Å². The molecule has 2 N–H and O–H groups in total. The van der Waals surface area contributed by atoms with Crippen LogP contribution in [0.5, 0.6) is 11.5 Å². The molecule has 2 amide bonds. The first-order valence-electron chi connectivity index (χ1n) is 7.80. The normalized spacial score (nSPS) is 11.5. The molecule has 2 aromatic rings. The summed E-state index contributed by atoms with van der Waals surface area (Å²) < 4.78 is 15.2. The Balaban J connectivity index is 1.85. The van der Waals surface area contributed by atoms with Crippen LogP contribution in [-0.2, 0) is 9.59 Å². The van der Waals surface area contributed by atoms with E-state index < -0.39 is 5.25 Å². The predicted molar refractivity (Wildman–Crippen MR) is 100.0 cm³/mol. The minimum absolute atomic E-state index is 0.117. The van der Waals surface area contributed by atoms with Gasteiger partial charge in [0.25, 0.3) is 0 Å². The van der Waals surface area contributed by atoms with E-state index in [-0.39, 0.29) is 17.6 Å². The van der Waals surface area contributed by atoms with Crippen molar-refractivity contribution in [2.45, 2.75) is 19.1 Å². The summed E-state index contributed by atoms with van der Waals surface area (Å²) in [7, 11) is 3.07. The first kappa shape index (κ1) is 19.6. The van der Waals surface area contributed by atoms with Crippen LogP contribution in [0.3, 0.4) is 0 Å². The van der Waals surface area contributed by atoms with Gasteiger partial charge in [0.15, 0.2) is 5.82 Å². The van der Waals surface area contributed by atoms with Crippen molar-refractivity contribution in [3.8, 4) is 11.5 Å². The Morgan fingerprint density at radius 2 is 1.81 bits per heavy atom. The number of carbonyl (C=O) groups is 2. The molecule has 26 heavy (non-hydrogen) atoms. The minimum Gasteiger partial charge on any atom is -0.497 e. The molecular formula is C17H21N3O5S. The van der Waals surface area contributed by atoms with E-state index in [0.29, 0.717) is 28.8 Å². The molecule has 0 aliphatic rings. The summed E-state index contributed by atoms with van der Waals surface area (Å²) in [4.78, 5) is 24.2. The first-order chi connectivity index (χ1) is 12.4. The van der Waals surface area contributed by atoms with E-state index in [1.54, 1.807) is 38.1 Å². The van der Waals surface area contributed by atoms with Crippen LogP contribution in [0.25, 0.3) is 0 Å². The topological polar surface area (TPSA) is 103 Å². The molecule has 0 aliphatic carbocycles. The Labute approximate surface area is 155 Å². The van der Waals surface area contributed by atoms with Crippen LogP contribution >= 0.6 is 11.8 Å². The summed E-state index contributed by atoms with van der Waals surface area (Å²) in [5.74, 6) is 1.74. The Morgan fingerprint density at radius 3 is 2.35 bits per heavy atom. The van der Waals surface area contributed by atoms with Crippen LogP contribution in [0.2, 0.25) is 0 Å². The third-order valence-electron chi connectivity index (χ3n) is 3.35. The van der Waals surface area contributed by atoms with Gasteiger partial charge >= 0.3 is 0 Å². The van der Waals surface area contributed by atoms with E-state index in [0.717, 1.165) is 0 Å². The molecule has 1 atom stereocenters. The van der Waals surface area contributed by atoms with Crippen molar-refractivity contribution < 1.29 is 23.6 Å². The van der Waals surface area contributed by atoms with Crippen molar-refractivity contribution in [1.29, 1.82) is 0 Å². The van der Waals surface area contributed by atoms with Crippen LogP contribution in [0.1, 0.15) is 12.7 Å². The summed E-state index contributed by atoms with van der Waals surface area (Å²) in [6.45, 7) is 3.45. The SMILES string of the molecule is COc1cc(NC(=O)CS[C@H](C)C(=O)Nc2cc(C)on2)cc(OC)c1. The number of ether oxygens (including phenoxy) is 2. The summed E-state index contributed by atoms with van der Waals surface area (Å²) in [5.41, 5.74) is 0.557. The highest BCUT2D eigenvalue weighted by molar-refractivity contribution is 8.01. The lowest BCUT2D eigenvalue weighted by Crippen LogP contribution is -2.25. The van der Waals surface area contributed by atoms with Crippen molar-refractivity contribution in [2.75, 3.05) is 30.6 Å². The standard InChI is InChI=1S/C17H21N3O5S/c1-10-5-15(20-25-10)19-17(22)11(2)26-9-16(21)18-12-6-13(23-3)8-14(7-12)24-4/h5-8,11H,9H2,1-4H3,(H,18,21)(H,19,20,22)/t11-/m1/s1. The number of amides is 2. The van der Waals surface area contributed by atoms with Gasteiger partial charge in [0, 0.05) is 30.0 Å². The van der Waals surface area contributed by atoms with Crippen LogP contribution < -0.4 is 20.1 Å². The highest BCUT2D eigenvalue weighted by Gasteiger charge is 2.17. The zero-order valence-electron chi connectivity index (χ0n) is 15.0. The van der Waals surface area contributed by atoms with Crippen molar-refractivity contribution in [3.63, 3.8) is 0 Å². The number of hydrogen-bond acceptors (Lipinski definition) is 7. The number of nitrogens with zero attached hydrogens (tertiary/aromatic N) is 1. The van der Waals surface area contributed by atoms with Gasteiger partial charge < -0.3 is 24.6 Å². The number of hydrogen-bond donors (Lipinski definition) is 2. The summed E-state index contributed by atoms with van der Waals surface area (Å²) in [6.07, 6.45) is 0. The zero-order chi connectivity index (χ0) is 19.1. The quantitative estimate of drug-likeness (QED) is 0.727. The van der Waals surface area contributed by atoms with E-state index in [4.69, 9.17) is 14.0 Å². The largest absolute Gasteiger partial charge is 0.497 e. The third kappa shape index (κ3) is 5.69. The second-order valence-electron chi connectivity index (χ2n) is 5.41. The van der Waals surface area contributed by atoms with Crippen molar-refractivity contribution in [2.24, 2.45) is 0 Å². The molecule has 0 unspecified atom stereocenters. The molecule has 0 spiro atoms. The molecule has 0 fully saturated rings. The maximum absolute atomic E-state index is 12.1. The van der Waals surface area contributed by atoms with Gasteiger partial charge in [-0.2, -0.15) is 0 Å². The van der Waals surface area contributed by atoms with Gasteiger partial charge in [-0.1, -0.05) is 5.16 Å². The highest BCUT2D eigenvalue weighted by atomic mass is 32.2. The van der Waals surface area contributed by atoms with E-state index in [2.05, 4.69) is 15.8 Å². The number of thioether (sulfide) groups is 1. The van der Waals surface area contributed by atoms with Gasteiger partial charge in [-0.3, -0.25) is 9.59 Å². The Hall–Kier alpha value is -2.68. The highest BCUT2D eigenvalue weighted by Crippen LogP contribution is 2.26. The molecule has 2 rings (SSSR count). The van der Waals surface area contributed by atoms with Crippen molar-refractivity contribution in [1.82, 2.24) is 5.16 Å². The molecule has 0 aliphatic heterocycles. The van der Waals surface area contributed by atoms with E-state index in [1.807, 2.05) is 0 Å². The molecule has 9 heteroatoms. The molecule has 0 bridgehead atoms. The number of benzene rings is 1. The summed E-state index contributed by atoms with van der Waals surface area (Å²) in [6, 6.07) is 6.71. The predicted octanol–water partition coefficient (Wildman–Crippen LogP) is 2.70. The summed E-state index contributed by atoms with van der Waals surface area (Å²) in [5, 5.41) is 8.67. The summed E-state index contributed by atoms with van der Waals surface area (Å²) >= 11 is 1.21. The Kier molecular flexibility index (Phi) is 6.90. The van der Waals surface area contributed by atoms with Crippen molar-refractivity contribution >= 4 is 35.1 Å².